The average molecular weight is 374 g/mol. The van der Waals surface area contributed by atoms with Gasteiger partial charge in [0.05, 0.1) is 18.2 Å². The van der Waals surface area contributed by atoms with E-state index < -0.39 is 23.6 Å². The molecule has 1 aromatic carbocycles. The summed E-state index contributed by atoms with van der Waals surface area (Å²) in [6, 6.07) is 7.16. The van der Waals surface area contributed by atoms with E-state index in [1.54, 1.807) is 24.3 Å². The van der Waals surface area contributed by atoms with Gasteiger partial charge >= 0.3 is 11.8 Å². The second kappa shape index (κ2) is 8.07. The summed E-state index contributed by atoms with van der Waals surface area (Å²) in [5.41, 5.74) is 4.91. The molecule has 1 saturated carbocycles. The van der Waals surface area contributed by atoms with Crippen LogP contribution in [0.5, 0.6) is 5.75 Å². The number of nitrogens with zero attached hydrogens (tertiary/aromatic N) is 1. The van der Waals surface area contributed by atoms with Crippen LogP contribution in [-0.4, -0.2) is 42.8 Å². The molecule has 1 saturated heterocycles. The highest BCUT2D eigenvalue weighted by Crippen LogP contribution is 2.33. The molecule has 9 heteroatoms. The van der Waals surface area contributed by atoms with Gasteiger partial charge in [-0.25, -0.2) is 0 Å². The quantitative estimate of drug-likeness (QED) is 0.490. The number of carbonyl (C=O) groups is 4. The lowest BCUT2D eigenvalue weighted by atomic mass is 10.1. The Kier molecular flexibility index (Phi) is 5.58. The maximum Gasteiger partial charge on any atom is 0.327 e. The van der Waals surface area contributed by atoms with Crippen LogP contribution in [0.15, 0.2) is 24.3 Å². The van der Waals surface area contributed by atoms with Crippen molar-refractivity contribution in [1.29, 1.82) is 0 Å². The van der Waals surface area contributed by atoms with Gasteiger partial charge in [0.1, 0.15) is 5.75 Å². The number of hydrogen-bond donors (Lipinski definition) is 3. The van der Waals surface area contributed by atoms with Crippen LogP contribution >= 0.6 is 0 Å². The van der Waals surface area contributed by atoms with E-state index in [1.165, 1.54) is 4.90 Å². The van der Waals surface area contributed by atoms with E-state index in [0.717, 1.165) is 12.8 Å². The van der Waals surface area contributed by atoms with Crippen LogP contribution in [0.1, 0.15) is 26.2 Å². The molecule has 2 aliphatic rings. The van der Waals surface area contributed by atoms with Crippen molar-refractivity contribution in [2.24, 2.45) is 5.92 Å². The van der Waals surface area contributed by atoms with Gasteiger partial charge in [-0.2, -0.15) is 0 Å². The number of hydrazine groups is 1. The third-order valence-electron chi connectivity index (χ3n) is 4.37. The van der Waals surface area contributed by atoms with Crippen LogP contribution in [0, 0.1) is 5.92 Å². The minimum atomic E-state index is -0.932. The summed E-state index contributed by atoms with van der Waals surface area (Å²) < 4.78 is 5.54. The minimum absolute atomic E-state index is 0.0104. The fraction of sp³-hybridized carbons (Fsp3) is 0.444. The Morgan fingerprint density at radius 2 is 1.89 bits per heavy atom. The Bertz CT molecular complexity index is 762. The maximum atomic E-state index is 12.4. The van der Waals surface area contributed by atoms with Crippen LogP contribution < -0.4 is 25.8 Å². The predicted octanol–water partition coefficient (Wildman–Crippen LogP) is -0.136. The average Bonchev–Trinajstić information content (AvgIpc) is 3.39. The summed E-state index contributed by atoms with van der Waals surface area (Å²) in [6.45, 7) is 2.47. The fourth-order valence-corrected chi connectivity index (χ4v) is 2.83. The molecule has 1 aromatic rings. The number of ether oxygens (including phenoxy) is 1. The molecule has 2 fully saturated rings. The first-order valence-electron chi connectivity index (χ1n) is 8.92. The largest absolute Gasteiger partial charge is 0.492 e. The lowest BCUT2D eigenvalue weighted by molar-refractivity contribution is -0.141. The molecule has 1 aliphatic carbocycles. The Hall–Kier alpha value is -3.10. The number of anilines is 1. The van der Waals surface area contributed by atoms with Crippen molar-refractivity contribution in [3.8, 4) is 5.75 Å². The molecule has 0 aromatic heterocycles. The van der Waals surface area contributed by atoms with Crippen molar-refractivity contribution in [2.75, 3.05) is 18.1 Å². The maximum absolute atomic E-state index is 12.4. The molecule has 27 heavy (non-hydrogen) atoms. The molecule has 3 N–H and O–H groups in total. The Balaban J connectivity index is 1.56. The molecular formula is C18H22N4O5. The number of hydrogen-bond acceptors (Lipinski definition) is 5. The van der Waals surface area contributed by atoms with Crippen LogP contribution in [0.4, 0.5) is 5.69 Å². The highest BCUT2D eigenvalue weighted by atomic mass is 16.5. The molecule has 0 unspecified atom stereocenters. The zero-order valence-electron chi connectivity index (χ0n) is 15.0. The van der Waals surface area contributed by atoms with Crippen molar-refractivity contribution in [1.82, 2.24) is 16.2 Å². The Labute approximate surface area is 156 Å². The molecule has 144 valence electrons. The molecule has 1 atom stereocenters. The molecule has 0 bridgehead atoms. The summed E-state index contributed by atoms with van der Waals surface area (Å²) >= 11 is 0. The summed E-state index contributed by atoms with van der Waals surface area (Å²) in [4.78, 5) is 49.4. The van der Waals surface area contributed by atoms with Gasteiger partial charge in [-0.05, 0) is 31.9 Å². The number of amides is 4. The minimum Gasteiger partial charge on any atom is -0.492 e. The topological polar surface area (TPSA) is 117 Å². The van der Waals surface area contributed by atoms with Crippen LogP contribution in [0.3, 0.4) is 0 Å². The van der Waals surface area contributed by atoms with Crippen LogP contribution in [0.2, 0.25) is 0 Å². The number of carbonyl (C=O) groups excluding carboxylic acids is 4. The zero-order chi connectivity index (χ0) is 19.4. The van der Waals surface area contributed by atoms with Crippen LogP contribution in [-0.2, 0) is 19.2 Å². The smallest absolute Gasteiger partial charge is 0.327 e. The van der Waals surface area contributed by atoms with Gasteiger partial charge in [0, 0.05) is 19.0 Å². The predicted molar refractivity (Wildman–Crippen MR) is 95.5 cm³/mol. The van der Waals surface area contributed by atoms with Gasteiger partial charge in [0.15, 0.2) is 0 Å². The van der Waals surface area contributed by atoms with E-state index in [4.69, 9.17) is 4.74 Å². The number of benzene rings is 1. The first-order valence-corrected chi connectivity index (χ1v) is 8.92. The SMILES string of the molecule is CCOc1ccccc1N1C[C@H](C(=O)NNC(=O)C(=O)NC2CC2)CC1=O. The number of para-hydroxylation sites is 2. The van der Waals surface area contributed by atoms with E-state index in [1.807, 2.05) is 6.92 Å². The van der Waals surface area contributed by atoms with Crippen molar-refractivity contribution < 1.29 is 23.9 Å². The molecule has 1 heterocycles. The lowest BCUT2D eigenvalue weighted by Gasteiger charge is -2.20. The van der Waals surface area contributed by atoms with Gasteiger partial charge in [0.25, 0.3) is 0 Å². The second-order valence-corrected chi connectivity index (χ2v) is 6.50. The van der Waals surface area contributed by atoms with Crippen LogP contribution in [0.25, 0.3) is 0 Å². The van der Waals surface area contributed by atoms with E-state index in [-0.39, 0.29) is 24.9 Å². The highest BCUT2D eigenvalue weighted by Gasteiger charge is 2.36. The van der Waals surface area contributed by atoms with Gasteiger partial charge in [0.2, 0.25) is 11.8 Å². The highest BCUT2D eigenvalue weighted by molar-refractivity contribution is 6.35. The van der Waals surface area contributed by atoms with Gasteiger partial charge in [-0.3, -0.25) is 30.0 Å². The third kappa shape index (κ3) is 4.55. The molecule has 1 aliphatic heterocycles. The van der Waals surface area contributed by atoms with Crippen molar-refractivity contribution in [2.45, 2.75) is 32.2 Å². The molecular weight excluding hydrogens is 352 g/mol. The molecule has 3 rings (SSSR count). The summed E-state index contributed by atoms with van der Waals surface area (Å²) in [5.74, 6) is -2.52. The summed E-state index contributed by atoms with van der Waals surface area (Å²) in [5, 5.41) is 2.52. The summed E-state index contributed by atoms with van der Waals surface area (Å²) in [6.07, 6.45) is 1.72. The standard InChI is InChI=1S/C18H22N4O5/c1-2-27-14-6-4-3-5-13(14)22-10-11(9-15(22)23)16(24)20-21-18(26)17(25)19-12-7-8-12/h3-6,11-12H,2,7-10H2,1H3,(H,19,25)(H,20,24)(H,21,26)/t11-/m1/s1. The van der Waals surface area contributed by atoms with E-state index in [0.29, 0.717) is 18.0 Å². The van der Waals surface area contributed by atoms with Gasteiger partial charge in [-0.15, -0.1) is 0 Å². The normalized spacial score (nSPS) is 18.8. The van der Waals surface area contributed by atoms with Gasteiger partial charge in [-0.1, -0.05) is 12.1 Å². The zero-order valence-corrected chi connectivity index (χ0v) is 15.0. The van der Waals surface area contributed by atoms with E-state index >= 15 is 0 Å². The second-order valence-electron chi connectivity index (χ2n) is 6.50. The van der Waals surface area contributed by atoms with Gasteiger partial charge < -0.3 is 15.0 Å². The Morgan fingerprint density at radius 3 is 2.59 bits per heavy atom. The monoisotopic (exact) mass is 374 g/mol. The van der Waals surface area contributed by atoms with Crippen molar-refractivity contribution in [3.05, 3.63) is 24.3 Å². The first kappa shape index (κ1) is 18.7. The Morgan fingerprint density at radius 1 is 1.15 bits per heavy atom. The molecule has 9 nitrogen and oxygen atoms in total. The van der Waals surface area contributed by atoms with Crippen molar-refractivity contribution >= 4 is 29.3 Å². The van der Waals surface area contributed by atoms with E-state index in [9.17, 15) is 19.2 Å². The van der Waals surface area contributed by atoms with E-state index in [2.05, 4.69) is 16.2 Å². The fourth-order valence-electron chi connectivity index (χ4n) is 2.83. The number of nitrogens with one attached hydrogen (secondary N) is 3. The molecule has 4 amide bonds. The first-order chi connectivity index (χ1) is 13.0. The van der Waals surface area contributed by atoms with Crippen molar-refractivity contribution in [3.63, 3.8) is 0 Å². The molecule has 0 radical (unpaired) electrons. The lowest BCUT2D eigenvalue weighted by Crippen LogP contribution is -2.50. The third-order valence-corrected chi connectivity index (χ3v) is 4.37. The summed E-state index contributed by atoms with van der Waals surface area (Å²) in [7, 11) is 0. The number of rotatable bonds is 5. The molecule has 0 spiro atoms.